The molecule has 7 heteroatoms. The van der Waals surface area contributed by atoms with Crippen LogP contribution in [0.4, 0.5) is 0 Å². The van der Waals surface area contributed by atoms with Crippen molar-refractivity contribution < 1.29 is 18.9 Å². The summed E-state index contributed by atoms with van der Waals surface area (Å²) in [5, 5.41) is 0. The molecule has 0 radical (unpaired) electrons. The highest BCUT2D eigenvalue weighted by atomic mass is 16.7. The van der Waals surface area contributed by atoms with E-state index in [0.29, 0.717) is 19.8 Å². The van der Waals surface area contributed by atoms with Gasteiger partial charge in [-0.3, -0.25) is 4.90 Å². The Kier molecular flexibility index (Phi) is 10.2. The number of fused-ring (bicyclic) bond motifs is 1. The predicted molar refractivity (Wildman–Crippen MR) is 182 cm³/mol. The van der Waals surface area contributed by atoms with E-state index in [1.807, 2.05) is 38.1 Å². The first-order valence-corrected chi connectivity index (χ1v) is 16.4. The van der Waals surface area contributed by atoms with Crippen molar-refractivity contribution in [1.82, 2.24) is 14.5 Å². The van der Waals surface area contributed by atoms with Gasteiger partial charge >= 0.3 is 0 Å². The van der Waals surface area contributed by atoms with Crippen LogP contribution >= 0.6 is 0 Å². The van der Waals surface area contributed by atoms with Crippen LogP contribution in [0.3, 0.4) is 0 Å². The van der Waals surface area contributed by atoms with Crippen LogP contribution in [0.1, 0.15) is 50.4 Å². The maximum Gasteiger partial charge on any atom is 0.231 e. The largest absolute Gasteiger partial charge is 0.494 e. The van der Waals surface area contributed by atoms with Crippen molar-refractivity contribution in [3.8, 4) is 45.6 Å². The van der Waals surface area contributed by atoms with E-state index in [1.165, 1.54) is 11.3 Å². The standard InChI is InChI=1S/C39H43N3O4/c1-4-7-22-42-35(38(31-17-19-33(20-18-31)43-5-2)40-39(42)32-13-9-8-10-14-32)27-41(25-29-12-11-15-34(23-29)44-6-3)26-30-16-21-36-37(24-30)46-28-45-36/h8-21,23-24H,4-7,22,25-28H2,1-3H3. The first-order chi connectivity index (χ1) is 22.6. The quantitative estimate of drug-likeness (QED) is 0.117. The molecule has 0 aliphatic carbocycles. The molecule has 238 valence electrons. The first-order valence-electron chi connectivity index (χ1n) is 16.4. The highest BCUT2D eigenvalue weighted by Crippen LogP contribution is 2.35. The van der Waals surface area contributed by atoms with Crippen LogP contribution in [-0.4, -0.2) is 34.5 Å². The summed E-state index contributed by atoms with van der Waals surface area (Å²) < 4.78 is 25.4. The zero-order valence-corrected chi connectivity index (χ0v) is 27.1. The number of hydrogen-bond donors (Lipinski definition) is 0. The molecule has 0 fully saturated rings. The molecule has 1 aliphatic rings. The summed E-state index contributed by atoms with van der Waals surface area (Å²) in [7, 11) is 0. The van der Waals surface area contributed by atoms with Gasteiger partial charge in [0.2, 0.25) is 6.79 Å². The number of rotatable bonds is 15. The summed E-state index contributed by atoms with van der Waals surface area (Å²) in [6.07, 6.45) is 2.15. The lowest BCUT2D eigenvalue weighted by Crippen LogP contribution is -2.24. The highest BCUT2D eigenvalue weighted by Gasteiger charge is 2.23. The van der Waals surface area contributed by atoms with E-state index in [4.69, 9.17) is 23.9 Å². The Morgan fingerprint density at radius 2 is 1.43 bits per heavy atom. The molecule has 46 heavy (non-hydrogen) atoms. The third kappa shape index (κ3) is 7.37. The van der Waals surface area contributed by atoms with Gasteiger partial charge in [0.05, 0.1) is 24.6 Å². The van der Waals surface area contributed by atoms with Gasteiger partial charge in [-0.25, -0.2) is 4.98 Å². The van der Waals surface area contributed by atoms with E-state index in [1.54, 1.807) is 0 Å². The summed E-state index contributed by atoms with van der Waals surface area (Å²) in [6.45, 7) is 10.8. The van der Waals surface area contributed by atoms with E-state index in [2.05, 4.69) is 89.2 Å². The molecule has 0 saturated carbocycles. The first kappa shape index (κ1) is 31.2. The fourth-order valence-electron chi connectivity index (χ4n) is 5.95. The zero-order valence-electron chi connectivity index (χ0n) is 27.1. The van der Waals surface area contributed by atoms with Crippen molar-refractivity contribution >= 4 is 0 Å². The van der Waals surface area contributed by atoms with Gasteiger partial charge in [0, 0.05) is 37.3 Å². The summed E-state index contributed by atoms with van der Waals surface area (Å²) >= 11 is 0. The SMILES string of the molecule is CCCCn1c(-c2ccccc2)nc(-c2ccc(OCC)cc2)c1CN(Cc1cccc(OCC)c1)Cc1ccc2c(c1)OCO2. The predicted octanol–water partition coefficient (Wildman–Crippen LogP) is 8.75. The third-order valence-electron chi connectivity index (χ3n) is 8.11. The van der Waals surface area contributed by atoms with Gasteiger partial charge in [0.15, 0.2) is 11.5 Å². The number of ether oxygens (including phenoxy) is 4. The van der Waals surface area contributed by atoms with Crippen molar-refractivity contribution in [2.75, 3.05) is 20.0 Å². The Balaban J connectivity index is 1.44. The minimum absolute atomic E-state index is 0.261. The summed E-state index contributed by atoms with van der Waals surface area (Å²) in [5.74, 6) is 4.33. The number of imidazole rings is 1. The topological polar surface area (TPSA) is 58.0 Å². The van der Waals surface area contributed by atoms with E-state index in [9.17, 15) is 0 Å². The van der Waals surface area contributed by atoms with E-state index in [0.717, 1.165) is 83.7 Å². The maximum absolute atomic E-state index is 5.86. The molecule has 0 unspecified atom stereocenters. The molecule has 1 aliphatic heterocycles. The lowest BCUT2D eigenvalue weighted by atomic mass is 10.1. The van der Waals surface area contributed by atoms with Crippen molar-refractivity contribution in [3.05, 3.63) is 114 Å². The average Bonchev–Trinajstić information content (AvgIpc) is 3.69. The second-order valence-electron chi connectivity index (χ2n) is 11.5. The number of benzene rings is 4. The van der Waals surface area contributed by atoms with E-state index < -0.39 is 0 Å². The molecule has 2 heterocycles. The monoisotopic (exact) mass is 617 g/mol. The Hall–Kier alpha value is -4.75. The van der Waals surface area contributed by atoms with Crippen LogP contribution in [0.15, 0.2) is 97.1 Å². The highest BCUT2D eigenvalue weighted by molar-refractivity contribution is 5.69. The van der Waals surface area contributed by atoms with Gasteiger partial charge in [-0.15, -0.1) is 0 Å². The van der Waals surface area contributed by atoms with Crippen LogP contribution in [0.5, 0.6) is 23.0 Å². The Bertz CT molecular complexity index is 1720. The molecule has 0 bridgehead atoms. The third-order valence-corrected chi connectivity index (χ3v) is 8.11. The Labute approximate surface area is 272 Å². The van der Waals surface area contributed by atoms with Gasteiger partial charge in [0.25, 0.3) is 0 Å². The zero-order chi connectivity index (χ0) is 31.7. The number of hydrogen-bond acceptors (Lipinski definition) is 6. The normalized spacial score (nSPS) is 12.1. The fraction of sp³-hybridized carbons (Fsp3) is 0.308. The molecule has 6 rings (SSSR count). The molecule has 0 saturated heterocycles. The number of unbranched alkanes of at least 4 members (excludes halogenated alkanes) is 1. The van der Waals surface area contributed by atoms with Crippen LogP contribution in [0.2, 0.25) is 0 Å². The van der Waals surface area contributed by atoms with Crippen LogP contribution in [0, 0.1) is 0 Å². The van der Waals surface area contributed by atoms with Crippen LogP contribution in [0.25, 0.3) is 22.6 Å². The van der Waals surface area contributed by atoms with Gasteiger partial charge in [-0.2, -0.15) is 0 Å². The van der Waals surface area contributed by atoms with E-state index >= 15 is 0 Å². The molecule has 0 N–H and O–H groups in total. The van der Waals surface area contributed by atoms with Gasteiger partial charge < -0.3 is 23.5 Å². The maximum atomic E-state index is 5.86. The Morgan fingerprint density at radius 3 is 2.20 bits per heavy atom. The second-order valence-corrected chi connectivity index (χ2v) is 11.5. The number of nitrogens with zero attached hydrogens (tertiary/aromatic N) is 3. The van der Waals surface area contributed by atoms with Crippen molar-refractivity contribution in [2.45, 2.75) is 59.8 Å². The molecule has 4 aromatic carbocycles. The van der Waals surface area contributed by atoms with Crippen LogP contribution < -0.4 is 18.9 Å². The van der Waals surface area contributed by atoms with E-state index in [-0.39, 0.29) is 6.79 Å². The van der Waals surface area contributed by atoms with Gasteiger partial charge in [0.1, 0.15) is 17.3 Å². The van der Waals surface area contributed by atoms with Crippen molar-refractivity contribution in [1.29, 1.82) is 0 Å². The minimum atomic E-state index is 0.261. The average molecular weight is 618 g/mol. The number of aromatic nitrogens is 2. The molecule has 1 aromatic heterocycles. The molecule has 7 nitrogen and oxygen atoms in total. The Morgan fingerprint density at radius 1 is 0.696 bits per heavy atom. The molecule has 0 spiro atoms. The molecule has 0 atom stereocenters. The summed E-state index contributed by atoms with van der Waals surface area (Å²) in [6, 6.07) is 33.5. The fourth-order valence-corrected chi connectivity index (χ4v) is 5.95. The second kappa shape index (κ2) is 15.0. The molecule has 0 amide bonds. The van der Waals surface area contributed by atoms with Crippen molar-refractivity contribution in [3.63, 3.8) is 0 Å². The van der Waals surface area contributed by atoms with Crippen LogP contribution in [-0.2, 0) is 26.2 Å². The minimum Gasteiger partial charge on any atom is -0.494 e. The smallest absolute Gasteiger partial charge is 0.231 e. The van der Waals surface area contributed by atoms with Gasteiger partial charge in [-0.05, 0) is 79.9 Å². The lowest BCUT2D eigenvalue weighted by Gasteiger charge is -2.25. The summed E-state index contributed by atoms with van der Waals surface area (Å²) in [4.78, 5) is 7.85. The van der Waals surface area contributed by atoms with Crippen molar-refractivity contribution in [2.24, 2.45) is 0 Å². The molecular formula is C39H43N3O4. The molecular weight excluding hydrogens is 574 g/mol. The lowest BCUT2D eigenvalue weighted by molar-refractivity contribution is 0.174. The molecule has 5 aromatic rings. The summed E-state index contributed by atoms with van der Waals surface area (Å²) in [5.41, 5.74) is 6.74. The van der Waals surface area contributed by atoms with Gasteiger partial charge in [-0.1, -0.05) is 61.9 Å².